The van der Waals surface area contributed by atoms with Crippen LogP contribution >= 0.6 is 12.6 Å². The van der Waals surface area contributed by atoms with E-state index >= 15 is 4.79 Å². The summed E-state index contributed by atoms with van der Waals surface area (Å²) in [7, 11) is 0.295. The highest BCUT2D eigenvalue weighted by molar-refractivity contribution is 7.80. The predicted molar refractivity (Wildman–Crippen MR) is 240 cm³/mol. The number of esters is 1. The number of aromatic amines is 1. The van der Waals surface area contributed by atoms with E-state index in [4.69, 9.17) is 27.0 Å². The van der Waals surface area contributed by atoms with Gasteiger partial charge in [-0.1, -0.05) is 44.2 Å². The second kappa shape index (κ2) is 16.3. The Balaban J connectivity index is 0.00000103. The molecule has 18 heteroatoms. The lowest BCUT2D eigenvalue weighted by molar-refractivity contribution is -0.203. The van der Waals surface area contributed by atoms with Crippen LogP contribution in [0.15, 0.2) is 48.6 Å². The summed E-state index contributed by atoms with van der Waals surface area (Å²) in [6.07, 6.45) is 5.95. The van der Waals surface area contributed by atoms with Crippen molar-refractivity contribution in [2.24, 2.45) is 11.3 Å². The zero-order valence-electron chi connectivity index (χ0n) is 36.5. The van der Waals surface area contributed by atoms with E-state index in [1.54, 1.807) is 7.11 Å². The van der Waals surface area contributed by atoms with Gasteiger partial charge in [-0.2, -0.15) is 21.0 Å². The molecular weight excluding hydrogens is 851 g/mol. The number of para-hydroxylation sites is 1. The smallest absolute Gasteiger partial charge is 0.394 e. The van der Waals surface area contributed by atoms with Gasteiger partial charge in [0.1, 0.15) is 17.3 Å². The first kappa shape index (κ1) is 45.8. The second-order valence-corrected chi connectivity index (χ2v) is 19.9. The third kappa shape index (κ3) is 6.84. The van der Waals surface area contributed by atoms with E-state index in [0.717, 1.165) is 46.5 Å². The first-order chi connectivity index (χ1) is 29.8. The number of methoxy groups -OCH3 is 2. The number of likely N-dealkylation sites (N-methyl/N-ethyl adjacent to an activating group) is 1. The van der Waals surface area contributed by atoms with Gasteiger partial charge in [-0.15, -0.1) is 0 Å². The van der Waals surface area contributed by atoms with Crippen molar-refractivity contribution in [1.82, 2.24) is 20.1 Å². The van der Waals surface area contributed by atoms with Crippen LogP contribution in [-0.4, -0.2) is 155 Å². The molecule has 63 heavy (non-hydrogen) atoms. The number of anilines is 1. The minimum Gasteiger partial charge on any atom is -0.496 e. The van der Waals surface area contributed by atoms with E-state index in [1.165, 1.54) is 7.11 Å². The van der Waals surface area contributed by atoms with Gasteiger partial charge in [0, 0.05) is 96.3 Å². The highest BCUT2D eigenvalue weighted by atomic mass is 32.3. The van der Waals surface area contributed by atoms with Crippen LogP contribution < -0.4 is 15.0 Å². The number of hydrogen-bond acceptors (Lipinski definition) is 13. The molecule has 3 fully saturated rings. The number of hydrogen-bond donors (Lipinski definition) is 8. The van der Waals surface area contributed by atoms with E-state index < -0.39 is 61.9 Å². The average molecular weight is 912 g/mol. The van der Waals surface area contributed by atoms with E-state index in [9.17, 15) is 20.1 Å². The summed E-state index contributed by atoms with van der Waals surface area (Å²) >= 11 is 4.35. The molecule has 1 aliphatic carbocycles. The van der Waals surface area contributed by atoms with Gasteiger partial charge in [-0.3, -0.25) is 28.5 Å². The summed E-state index contributed by atoms with van der Waals surface area (Å²) in [5.41, 5.74) is -1.24. The molecule has 1 spiro atoms. The molecule has 9 rings (SSSR count). The number of aliphatic hydroxyl groups is 3. The van der Waals surface area contributed by atoms with E-state index in [-0.39, 0.29) is 18.5 Å². The van der Waals surface area contributed by atoms with Gasteiger partial charge in [0.15, 0.2) is 5.60 Å². The predicted octanol–water partition coefficient (Wildman–Crippen LogP) is 2.64. The van der Waals surface area contributed by atoms with Crippen LogP contribution in [0.3, 0.4) is 0 Å². The Bertz CT molecular complexity index is 2420. The number of H-pyrrole nitrogens is 1. The van der Waals surface area contributed by atoms with Crippen molar-refractivity contribution >= 4 is 51.5 Å². The number of nitrogens with one attached hydrogen (secondary N) is 2. The van der Waals surface area contributed by atoms with Crippen LogP contribution in [0.4, 0.5) is 5.69 Å². The maximum Gasteiger partial charge on any atom is 0.394 e. The van der Waals surface area contributed by atoms with Crippen molar-refractivity contribution in [1.29, 1.82) is 0 Å². The zero-order valence-corrected chi connectivity index (χ0v) is 38.2. The first-order valence-corrected chi connectivity index (χ1v) is 23.9. The van der Waals surface area contributed by atoms with Crippen LogP contribution in [0.25, 0.3) is 10.9 Å². The number of piperidine rings is 1. The normalized spacial score (nSPS) is 35.5. The molecule has 1 saturated carbocycles. The summed E-state index contributed by atoms with van der Waals surface area (Å²) in [4.78, 5) is 40.3. The van der Waals surface area contributed by atoms with E-state index in [0.29, 0.717) is 75.2 Å². The Labute approximate surface area is 374 Å². The van der Waals surface area contributed by atoms with Crippen molar-refractivity contribution in [2.45, 2.75) is 92.6 Å². The Kier molecular flexibility index (Phi) is 11.9. The first-order valence-electron chi connectivity index (χ1n) is 21.8. The summed E-state index contributed by atoms with van der Waals surface area (Å²) in [5, 5.41) is 41.7. The molecule has 6 heterocycles. The number of aliphatic hydroxyl groups excluding tert-OH is 1. The highest BCUT2D eigenvalue weighted by Gasteiger charge is 2.78. The monoisotopic (exact) mass is 911 g/mol. The third-order valence-corrected chi connectivity index (χ3v) is 15.8. The van der Waals surface area contributed by atoms with Gasteiger partial charge in [0.25, 0.3) is 5.91 Å². The van der Waals surface area contributed by atoms with Gasteiger partial charge in [0.05, 0.1) is 25.9 Å². The van der Waals surface area contributed by atoms with Crippen LogP contribution in [-0.2, 0) is 42.0 Å². The minimum absolute atomic E-state index is 0.0784. The fraction of sp³-hybridized carbons (Fsp3) is 0.600. The van der Waals surface area contributed by atoms with Gasteiger partial charge in [-0.25, -0.2) is 0 Å². The number of benzene rings is 2. The van der Waals surface area contributed by atoms with Crippen molar-refractivity contribution in [3.8, 4) is 5.75 Å². The fourth-order valence-electron chi connectivity index (χ4n) is 13.3. The SMILES string of the molecule is CC[C@]1(O)C[C@H]2CN(CCc3c([nH]c4ccccc34)[C@@](C(=O)OC)(c3cc4c(cc3OC)N(C)[C@H]3[C@@](O)(C(=O)NCCS)[C@H](O)[C@]5(CC)C=CCN6CC[C@]43[C@@H]65)C2)C1.O=S(=O)(O)O. The largest absolute Gasteiger partial charge is 0.496 e. The van der Waals surface area contributed by atoms with Gasteiger partial charge < -0.3 is 40.0 Å². The standard InChI is InChI=1S/C45H59N5O7S.H2O4S/c1-6-41(54)23-27-24-44(40(53)57-5,35-29(13-18-49(25-27)26-41)28-11-8-9-12-32(28)47-35)31-21-30-33(22-34(31)56-4)48(3)37-43(30)15-19-50-17-10-14-42(7-2,36(43)50)38(51)45(37,55)39(52)46-16-20-58;1-5(2,3)4/h8-12,14,21-22,27,36-38,47,51,54-55,58H,6-7,13,15-20,23-26H2,1-5H3,(H,46,52);(H2,1,2,3,4)/t27-,36+,37-,38-,41+,42-,43-,44+,45+;/m1./s1. The van der Waals surface area contributed by atoms with Crippen LogP contribution in [0.1, 0.15) is 68.3 Å². The van der Waals surface area contributed by atoms with Crippen molar-refractivity contribution in [3.63, 3.8) is 0 Å². The fourth-order valence-corrected chi connectivity index (χ4v) is 13.5. The molecule has 344 valence electrons. The topological polar surface area (TPSA) is 225 Å². The number of rotatable bonds is 8. The molecule has 1 unspecified atom stereocenters. The van der Waals surface area contributed by atoms with E-state index in [1.807, 2.05) is 50.1 Å². The number of carbonyl (C=O) groups is 2. The lowest BCUT2D eigenvalue weighted by Crippen LogP contribution is -2.81. The molecule has 7 N–H and O–H groups in total. The molecule has 2 saturated heterocycles. The number of thiol groups is 1. The average Bonchev–Trinajstić information content (AvgIpc) is 3.92. The molecule has 2 bridgehead atoms. The van der Waals surface area contributed by atoms with Crippen LogP contribution in [0, 0.1) is 11.3 Å². The maximum absolute atomic E-state index is 15.3. The van der Waals surface area contributed by atoms with Crippen LogP contribution in [0.2, 0.25) is 0 Å². The van der Waals surface area contributed by atoms with Gasteiger partial charge in [0.2, 0.25) is 0 Å². The van der Waals surface area contributed by atoms with Crippen molar-refractivity contribution in [3.05, 3.63) is 70.9 Å². The summed E-state index contributed by atoms with van der Waals surface area (Å²) < 4.78 is 43.9. The lowest BCUT2D eigenvalue weighted by atomic mass is 9.47. The molecule has 10 atom stereocenters. The molecule has 6 aliphatic rings. The highest BCUT2D eigenvalue weighted by Crippen LogP contribution is 2.67. The van der Waals surface area contributed by atoms with Crippen LogP contribution in [0.5, 0.6) is 5.75 Å². The van der Waals surface area contributed by atoms with Crippen molar-refractivity contribution < 1.29 is 51.9 Å². The summed E-state index contributed by atoms with van der Waals surface area (Å²) in [6, 6.07) is 11.2. The third-order valence-electron chi connectivity index (χ3n) is 15.6. The number of nitrogens with zero attached hydrogens (tertiary/aromatic N) is 3. The Morgan fingerprint density at radius 1 is 1.03 bits per heavy atom. The zero-order chi connectivity index (χ0) is 45.5. The number of fused-ring (bicyclic) bond motifs is 6. The Hall–Kier alpha value is -3.72. The molecule has 1 amide bonds. The van der Waals surface area contributed by atoms with Gasteiger partial charge >= 0.3 is 16.4 Å². The van der Waals surface area contributed by atoms with Crippen molar-refractivity contribution in [2.75, 3.05) is 71.2 Å². The lowest BCUT2D eigenvalue weighted by Gasteiger charge is -2.63. The van der Waals surface area contributed by atoms with E-state index in [2.05, 4.69) is 57.0 Å². The number of carbonyl (C=O) groups excluding carboxylic acids is 2. The summed E-state index contributed by atoms with van der Waals surface area (Å²) in [5.74, 6) is -0.262. The summed E-state index contributed by atoms with van der Waals surface area (Å²) in [6.45, 7) is 7.69. The molecule has 1 aromatic heterocycles. The number of ether oxygens (including phenoxy) is 2. The minimum atomic E-state index is -4.67. The van der Waals surface area contributed by atoms with Gasteiger partial charge in [-0.05, 0) is 74.2 Å². The second-order valence-electron chi connectivity index (χ2n) is 18.6. The molecule has 16 nitrogen and oxygen atoms in total. The Morgan fingerprint density at radius 2 is 1.76 bits per heavy atom. The molecular formula is C45H61N5O11S2. The number of amides is 1. The maximum atomic E-state index is 15.3. The molecule has 0 radical (unpaired) electrons. The molecule has 5 aliphatic heterocycles. The molecule has 2 aromatic carbocycles. The molecule has 3 aromatic rings. The number of aromatic nitrogens is 1. The quantitative estimate of drug-likeness (QED) is 0.0705. The Morgan fingerprint density at radius 3 is 2.43 bits per heavy atom.